The molecule has 230 valence electrons. The zero-order chi connectivity index (χ0) is 32.4. The number of hydrogen-bond acceptors (Lipinski definition) is 4. The van der Waals surface area contributed by atoms with Crippen LogP contribution in [0.25, 0.3) is 66.7 Å². The second kappa shape index (κ2) is 10.6. The van der Waals surface area contributed by atoms with E-state index < -0.39 is 0 Å². The first kappa shape index (κ1) is 29.4. The summed E-state index contributed by atoms with van der Waals surface area (Å²) in [5.41, 5.74) is 9.55. The van der Waals surface area contributed by atoms with Gasteiger partial charge in [0.15, 0.2) is 0 Å². The number of aromatic nitrogens is 4. The van der Waals surface area contributed by atoms with Crippen LogP contribution in [0.1, 0.15) is 52.7 Å². The number of fused-ring (bicyclic) bond motifs is 3. The van der Waals surface area contributed by atoms with Crippen molar-refractivity contribution < 1.29 is 10.2 Å². The number of rotatable bonds is 4. The summed E-state index contributed by atoms with van der Waals surface area (Å²) in [6.45, 7) is 13.0. The highest BCUT2D eigenvalue weighted by Crippen LogP contribution is 2.44. The minimum absolute atomic E-state index is 0.139. The number of H-pyrrole nitrogens is 2. The molecular weight excluding hydrogens is 568 g/mol. The Morgan fingerprint density at radius 1 is 0.609 bits per heavy atom. The molecule has 4 N–H and O–H groups in total. The quantitative estimate of drug-likeness (QED) is 0.150. The van der Waals surface area contributed by atoms with E-state index in [-0.39, 0.29) is 22.3 Å². The average Bonchev–Trinajstić information content (AvgIpc) is 3.75. The van der Waals surface area contributed by atoms with Crippen molar-refractivity contribution in [3.63, 3.8) is 0 Å². The molecule has 0 fully saturated rings. The van der Waals surface area contributed by atoms with Gasteiger partial charge in [-0.15, -0.1) is 0 Å². The van der Waals surface area contributed by atoms with Gasteiger partial charge >= 0.3 is 0 Å². The van der Waals surface area contributed by atoms with Crippen LogP contribution in [0.15, 0.2) is 97.5 Å². The monoisotopic (exact) mass is 606 g/mol. The number of nitrogens with one attached hydrogen (secondary N) is 2. The summed E-state index contributed by atoms with van der Waals surface area (Å²) in [7, 11) is 0. The molecule has 0 aliphatic carbocycles. The largest absolute Gasteiger partial charge is 0.507 e. The molecule has 7 aromatic rings. The molecule has 0 atom stereocenters. The van der Waals surface area contributed by atoms with Gasteiger partial charge < -0.3 is 20.2 Å². The summed E-state index contributed by atoms with van der Waals surface area (Å²) >= 11 is 0. The van der Waals surface area contributed by atoms with Crippen LogP contribution >= 0.6 is 0 Å². The summed E-state index contributed by atoms with van der Waals surface area (Å²) in [5.74, 6) is 0.383. The summed E-state index contributed by atoms with van der Waals surface area (Å²) in [6, 6.07) is 26.1. The maximum Gasteiger partial charge on any atom is 0.134 e. The SMILES string of the molecule is CC(C)(C)c1cc(-c2cnc3ccc4ccc(-c5cc(C(C)(C)C)cc(-c6ccc[nH]6)c5O)nc4c3c2)c(O)c(-c2ccc[nH]2)c1. The Labute approximate surface area is 268 Å². The molecular formula is C40H38N4O2. The average molecular weight is 607 g/mol. The Kier molecular flexibility index (Phi) is 6.78. The van der Waals surface area contributed by atoms with Gasteiger partial charge in [-0.1, -0.05) is 53.7 Å². The number of phenols is 2. The molecule has 7 rings (SSSR count). The lowest BCUT2D eigenvalue weighted by Crippen LogP contribution is -2.11. The Hall–Kier alpha value is -5.36. The number of hydrogen-bond donors (Lipinski definition) is 4. The Bertz CT molecular complexity index is 2070. The van der Waals surface area contributed by atoms with Crippen molar-refractivity contribution in [3.05, 3.63) is 109 Å². The van der Waals surface area contributed by atoms with Gasteiger partial charge in [0, 0.05) is 68.6 Å². The molecule has 0 amide bonds. The molecule has 46 heavy (non-hydrogen) atoms. The summed E-state index contributed by atoms with van der Waals surface area (Å²) in [6.07, 6.45) is 5.54. The Morgan fingerprint density at radius 2 is 1.15 bits per heavy atom. The van der Waals surface area contributed by atoms with Crippen LogP contribution in [0.3, 0.4) is 0 Å². The second-order valence-corrected chi connectivity index (χ2v) is 14.1. The van der Waals surface area contributed by atoms with Crippen molar-refractivity contribution in [1.82, 2.24) is 19.9 Å². The number of aromatic amines is 2. The van der Waals surface area contributed by atoms with E-state index in [1.165, 1.54) is 0 Å². The topological polar surface area (TPSA) is 97.8 Å². The van der Waals surface area contributed by atoms with Crippen LogP contribution in [0.4, 0.5) is 0 Å². The van der Waals surface area contributed by atoms with Crippen molar-refractivity contribution >= 4 is 21.8 Å². The van der Waals surface area contributed by atoms with E-state index in [2.05, 4.69) is 75.8 Å². The van der Waals surface area contributed by atoms with Gasteiger partial charge in [0.2, 0.25) is 0 Å². The molecule has 0 bridgehead atoms. The van der Waals surface area contributed by atoms with Crippen LogP contribution in [0.2, 0.25) is 0 Å². The number of benzene rings is 3. The maximum absolute atomic E-state index is 11.6. The van der Waals surface area contributed by atoms with E-state index in [9.17, 15) is 10.2 Å². The first-order valence-corrected chi connectivity index (χ1v) is 15.6. The van der Waals surface area contributed by atoms with E-state index in [4.69, 9.17) is 9.97 Å². The smallest absolute Gasteiger partial charge is 0.134 e. The molecule has 4 heterocycles. The molecule has 0 spiro atoms. The van der Waals surface area contributed by atoms with Crippen molar-refractivity contribution in [3.8, 4) is 56.4 Å². The predicted octanol–water partition coefficient (Wildman–Crippen LogP) is 10.1. The number of phenolic OH excluding ortho intramolecular Hbond substituents is 2. The lowest BCUT2D eigenvalue weighted by Gasteiger charge is -2.22. The third kappa shape index (κ3) is 5.10. The van der Waals surface area contributed by atoms with Crippen molar-refractivity contribution in [1.29, 1.82) is 0 Å². The molecule has 0 aliphatic heterocycles. The number of nitrogens with zero attached hydrogens (tertiary/aromatic N) is 2. The van der Waals surface area contributed by atoms with Gasteiger partial charge in [-0.3, -0.25) is 4.98 Å². The first-order chi connectivity index (χ1) is 21.9. The highest BCUT2D eigenvalue weighted by Gasteiger charge is 2.23. The van der Waals surface area contributed by atoms with E-state index >= 15 is 0 Å². The summed E-state index contributed by atoms with van der Waals surface area (Å²) in [5, 5.41) is 25.1. The lowest BCUT2D eigenvalue weighted by molar-refractivity contribution is 0.477. The fourth-order valence-electron chi connectivity index (χ4n) is 6.04. The predicted molar refractivity (Wildman–Crippen MR) is 188 cm³/mol. The van der Waals surface area contributed by atoms with Gasteiger partial charge in [0.1, 0.15) is 11.5 Å². The third-order valence-electron chi connectivity index (χ3n) is 8.84. The first-order valence-electron chi connectivity index (χ1n) is 15.6. The van der Waals surface area contributed by atoms with Crippen LogP contribution in [-0.4, -0.2) is 30.1 Å². The zero-order valence-electron chi connectivity index (χ0n) is 27.0. The fourth-order valence-corrected chi connectivity index (χ4v) is 6.04. The van der Waals surface area contributed by atoms with Crippen molar-refractivity contribution in [2.75, 3.05) is 0 Å². The zero-order valence-corrected chi connectivity index (χ0v) is 27.0. The van der Waals surface area contributed by atoms with Gasteiger partial charge in [-0.2, -0.15) is 0 Å². The van der Waals surface area contributed by atoms with E-state index in [1.54, 1.807) is 0 Å². The fraction of sp³-hybridized carbons (Fsp3) is 0.200. The van der Waals surface area contributed by atoms with Crippen molar-refractivity contribution in [2.45, 2.75) is 52.4 Å². The molecule has 3 aromatic carbocycles. The van der Waals surface area contributed by atoms with E-state index in [1.807, 2.05) is 73.2 Å². The van der Waals surface area contributed by atoms with Crippen LogP contribution in [-0.2, 0) is 10.8 Å². The highest BCUT2D eigenvalue weighted by molar-refractivity contribution is 6.06. The highest BCUT2D eigenvalue weighted by atomic mass is 16.3. The summed E-state index contributed by atoms with van der Waals surface area (Å²) < 4.78 is 0. The van der Waals surface area contributed by atoms with Crippen LogP contribution in [0.5, 0.6) is 11.5 Å². The van der Waals surface area contributed by atoms with Crippen molar-refractivity contribution in [2.24, 2.45) is 0 Å². The van der Waals surface area contributed by atoms with Crippen LogP contribution in [0, 0.1) is 0 Å². The maximum atomic E-state index is 11.6. The van der Waals surface area contributed by atoms with Gasteiger partial charge in [0.05, 0.1) is 16.7 Å². The standard InChI is InChI=1S/C40H38N4O2/c1-39(2,3)25-18-27(37(45)29(19-25)32-9-7-15-41-32)24-17-28-34(43-22-24)13-11-23-12-14-35(44-36(23)28)31-21-26(40(4,5)6)20-30(38(31)46)33-10-8-16-42-33/h7-22,41-42,45-46H,1-6H3. The van der Waals surface area contributed by atoms with E-state index in [0.29, 0.717) is 16.8 Å². The minimum Gasteiger partial charge on any atom is -0.507 e. The summed E-state index contributed by atoms with van der Waals surface area (Å²) in [4.78, 5) is 16.5. The molecule has 0 saturated heterocycles. The van der Waals surface area contributed by atoms with E-state index in [0.717, 1.165) is 61.0 Å². The molecule has 0 aliphatic rings. The normalized spacial score (nSPS) is 12.3. The number of aromatic hydroxyl groups is 2. The molecule has 6 nitrogen and oxygen atoms in total. The molecule has 0 radical (unpaired) electrons. The van der Waals surface area contributed by atoms with Gasteiger partial charge in [0.25, 0.3) is 0 Å². The molecule has 0 unspecified atom stereocenters. The Morgan fingerprint density at radius 3 is 1.72 bits per heavy atom. The molecule has 4 aromatic heterocycles. The van der Waals surface area contributed by atoms with Crippen LogP contribution < -0.4 is 0 Å². The lowest BCUT2D eigenvalue weighted by atomic mass is 9.83. The molecule has 0 saturated carbocycles. The second-order valence-electron chi connectivity index (χ2n) is 14.1. The molecule has 6 heteroatoms. The van der Waals surface area contributed by atoms with Gasteiger partial charge in [-0.25, -0.2) is 4.98 Å². The Balaban J connectivity index is 1.45. The number of pyridine rings is 2. The third-order valence-corrected chi connectivity index (χ3v) is 8.84. The minimum atomic E-state index is -0.144. The van der Waals surface area contributed by atoms with Gasteiger partial charge in [-0.05, 0) is 88.7 Å².